The number of carbonyl (C=O) groups is 4. The van der Waals surface area contributed by atoms with Crippen LogP contribution in [-0.2, 0) is 35.2 Å². The van der Waals surface area contributed by atoms with E-state index in [-0.39, 0.29) is 55.2 Å². The molecule has 0 radical (unpaired) electrons. The molecule has 0 spiro atoms. The third kappa shape index (κ3) is 5.49. The van der Waals surface area contributed by atoms with E-state index in [9.17, 15) is 24.3 Å². The lowest BCUT2D eigenvalue weighted by Crippen LogP contribution is -2.63. The van der Waals surface area contributed by atoms with E-state index in [1.54, 1.807) is 31.2 Å². The first-order valence-electron chi connectivity index (χ1n) is 14.9. The van der Waals surface area contributed by atoms with Crippen LogP contribution in [-0.4, -0.2) is 69.5 Å². The number of benzene rings is 1. The van der Waals surface area contributed by atoms with Crippen molar-refractivity contribution in [2.75, 3.05) is 13.2 Å². The summed E-state index contributed by atoms with van der Waals surface area (Å²) in [6, 6.07) is 6.04. The molecule has 1 aromatic carbocycles. The number of nitrogens with zero attached hydrogens (tertiary/aromatic N) is 1. The molecule has 3 saturated carbocycles. The van der Waals surface area contributed by atoms with Gasteiger partial charge in [0.1, 0.15) is 0 Å². The van der Waals surface area contributed by atoms with Gasteiger partial charge in [0.2, 0.25) is 5.78 Å². The molecule has 7 atom stereocenters. The summed E-state index contributed by atoms with van der Waals surface area (Å²) >= 11 is 0. The molecule has 4 aliphatic carbocycles. The van der Waals surface area contributed by atoms with Gasteiger partial charge in [-0.1, -0.05) is 37.6 Å². The Morgan fingerprint density at radius 3 is 2.61 bits per heavy atom. The Hall–Kier alpha value is -3.42. The smallest absolute Gasteiger partial charge is 0.454 e. The lowest BCUT2D eigenvalue weighted by Gasteiger charge is -2.59. The maximum atomic E-state index is 14.1. The SMILES string of the molecule is CCOC(=O)O[C@]1(C(=O)COC(=O)c2cccc(CON(O)O)c2)CC[C@H]2[C@@H]3CCC4=CC(=O)C=C[C@]4(C)[C@H]3[C@@H](O)C[C@@]21C. The molecule has 1 aromatic rings. The van der Waals surface area contributed by atoms with Gasteiger partial charge in [-0.05, 0) is 80.7 Å². The van der Waals surface area contributed by atoms with Gasteiger partial charge in [-0.2, -0.15) is 0 Å². The molecule has 0 amide bonds. The second-order valence-electron chi connectivity index (χ2n) is 12.6. The Labute approximate surface area is 255 Å². The van der Waals surface area contributed by atoms with Crippen LogP contribution in [0.2, 0.25) is 0 Å². The van der Waals surface area contributed by atoms with Gasteiger partial charge in [0.05, 0.1) is 30.3 Å². The van der Waals surface area contributed by atoms with Crippen LogP contribution < -0.4 is 0 Å². The first kappa shape index (κ1) is 32.0. The molecule has 5 rings (SSSR count). The van der Waals surface area contributed by atoms with Crippen molar-refractivity contribution in [3.8, 4) is 0 Å². The highest BCUT2D eigenvalue weighted by Crippen LogP contribution is 2.68. The van der Waals surface area contributed by atoms with Crippen LogP contribution >= 0.6 is 0 Å². The number of hydrogen-bond acceptors (Lipinski definition) is 12. The molecular formula is C32H39NO11. The topological polar surface area (TPSA) is 169 Å². The first-order valence-corrected chi connectivity index (χ1v) is 14.9. The lowest BCUT2D eigenvalue weighted by atomic mass is 9.46. The van der Waals surface area contributed by atoms with Crippen molar-refractivity contribution in [3.05, 3.63) is 59.2 Å². The number of allylic oxidation sites excluding steroid dienone is 4. The van der Waals surface area contributed by atoms with Crippen LogP contribution in [0.4, 0.5) is 4.79 Å². The van der Waals surface area contributed by atoms with Crippen molar-refractivity contribution >= 4 is 23.7 Å². The predicted molar refractivity (Wildman–Crippen MR) is 151 cm³/mol. The number of rotatable bonds is 9. The van der Waals surface area contributed by atoms with Crippen LogP contribution in [0.1, 0.15) is 68.8 Å². The van der Waals surface area contributed by atoms with Gasteiger partial charge in [-0.3, -0.25) is 20.0 Å². The summed E-state index contributed by atoms with van der Waals surface area (Å²) in [5, 5.41) is 28.9. The van der Waals surface area contributed by atoms with Crippen molar-refractivity contribution in [3.63, 3.8) is 0 Å². The molecule has 0 aliphatic heterocycles. The first-order chi connectivity index (χ1) is 20.8. The third-order valence-electron chi connectivity index (χ3n) is 10.4. The van der Waals surface area contributed by atoms with Gasteiger partial charge in [-0.15, -0.1) is 0 Å². The fraction of sp³-hybridized carbons (Fsp3) is 0.562. The summed E-state index contributed by atoms with van der Waals surface area (Å²) in [7, 11) is 0. The number of aliphatic hydroxyl groups excluding tert-OH is 1. The minimum atomic E-state index is -1.70. The third-order valence-corrected chi connectivity index (χ3v) is 10.4. The molecule has 0 heterocycles. The van der Waals surface area contributed by atoms with Gasteiger partial charge < -0.3 is 19.3 Å². The van der Waals surface area contributed by atoms with E-state index in [0.717, 1.165) is 5.57 Å². The number of ether oxygens (including phenoxy) is 3. The highest BCUT2D eigenvalue weighted by molar-refractivity contribution is 6.01. The standard InChI is InChI=1S/C32H39NO11/c1-4-41-29(38)44-32(26(36)18-42-28(37)20-7-5-6-19(14-20)17-43-33(39)40)13-11-24-23-9-8-21-15-22(34)10-12-30(21,2)27(23)25(35)16-31(24,32)3/h5-7,10,12,14-15,23-25,27,35,39-40H,4,8-9,11,13,16-18H2,1-3H3/t23-,24-,25-,27+,30-,31-,32-/m0/s1. The maximum Gasteiger partial charge on any atom is 0.509 e. The Morgan fingerprint density at radius 1 is 1.11 bits per heavy atom. The summed E-state index contributed by atoms with van der Waals surface area (Å²) in [5.41, 5.74) is -1.64. The minimum Gasteiger partial charge on any atom is -0.454 e. The molecule has 238 valence electrons. The van der Waals surface area contributed by atoms with Gasteiger partial charge in [0.25, 0.3) is 0 Å². The minimum absolute atomic E-state index is 0.00880. The largest absolute Gasteiger partial charge is 0.509 e. The van der Waals surface area contributed by atoms with E-state index >= 15 is 0 Å². The quantitative estimate of drug-likeness (QED) is 0.269. The van der Waals surface area contributed by atoms with Gasteiger partial charge in [-0.25, -0.2) is 14.4 Å². The number of esters is 1. The van der Waals surface area contributed by atoms with E-state index in [4.69, 9.17) is 24.6 Å². The summed E-state index contributed by atoms with van der Waals surface area (Å²) in [5.74, 6) is -1.75. The Kier molecular flexibility index (Phi) is 8.85. The molecule has 0 unspecified atom stereocenters. The summed E-state index contributed by atoms with van der Waals surface area (Å²) in [6.07, 6.45) is 5.57. The molecule has 44 heavy (non-hydrogen) atoms. The zero-order valence-electron chi connectivity index (χ0n) is 25.1. The van der Waals surface area contributed by atoms with Gasteiger partial charge in [0.15, 0.2) is 18.0 Å². The molecule has 12 nitrogen and oxygen atoms in total. The Bertz CT molecular complexity index is 1390. The van der Waals surface area contributed by atoms with Crippen LogP contribution in [0.5, 0.6) is 0 Å². The van der Waals surface area contributed by atoms with Crippen LogP contribution in [0.15, 0.2) is 48.1 Å². The lowest BCUT2D eigenvalue weighted by molar-refractivity contribution is -0.497. The fourth-order valence-electron chi connectivity index (χ4n) is 8.54. The van der Waals surface area contributed by atoms with E-state index in [0.29, 0.717) is 24.8 Å². The normalized spacial score (nSPS) is 34.0. The predicted octanol–water partition coefficient (Wildman–Crippen LogP) is 4.12. The molecule has 3 fully saturated rings. The molecular weight excluding hydrogens is 574 g/mol. The Balaban J connectivity index is 1.40. The van der Waals surface area contributed by atoms with Gasteiger partial charge >= 0.3 is 12.1 Å². The second kappa shape index (κ2) is 12.2. The Morgan fingerprint density at radius 2 is 1.89 bits per heavy atom. The highest BCUT2D eigenvalue weighted by atomic mass is 17.1. The summed E-state index contributed by atoms with van der Waals surface area (Å²) in [6.45, 7) is 4.66. The summed E-state index contributed by atoms with van der Waals surface area (Å²) < 4.78 is 16.4. The molecule has 0 saturated heterocycles. The molecule has 4 aliphatic rings. The zero-order valence-corrected chi connectivity index (χ0v) is 25.1. The van der Waals surface area contributed by atoms with Crippen molar-refractivity contribution in [2.45, 2.75) is 71.2 Å². The monoisotopic (exact) mass is 613 g/mol. The molecule has 12 heteroatoms. The van der Waals surface area contributed by atoms with E-state index < -0.39 is 52.4 Å². The number of ketones is 2. The van der Waals surface area contributed by atoms with Crippen molar-refractivity contribution in [2.24, 2.45) is 28.6 Å². The van der Waals surface area contributed by atoms with E-state index in [1.165, 1.54) is 12.1 Å². The number of hydrogen-bond donors (Lipinski definition) is 3. The fourth-order valence-corrected chi connectivity index (χ4v) is 8.54. The second-order valence-corrected chi connectivity index (χ2v) is 12.6. The van der Waals surface area contributed by atoms with Crippen molar-refractivity contribution < 1.29 is 53.7 Å². The maximum absolute atomic E-state index is 14.1. The number of fused-ring (bicyclic) bond motifs is 5. The number of carbonyl (C=O) groups excluding carboxylic acids is 4. The zero-order chi connectivity index (χ0) is 31.9. The highest BCUT2D eigenvalue weighted by Gasteiger charge is 2.70. The van der Waals surface area contributed by atoms with Gasteiger partial charge in [0, 0.05) is 16.7 Å². The average molecular weight is 614 g/mol. The number of Topliss-reactive ketones (excluding diaryl/α,β-unsaturated/α-hetero) is 1. The van der Waals surface area contributed by atoms with Crippen LogP contribution in [0, 0.1) is 28.6 Å². The number of aliphatic hydroxyl groups is 1. The van der Waals surface area contributed by atoms with E-state index in [2.05, 4.69) is 11.8 Å². The van der Waals surface area contributed by atoms with Crippen LogP contribution in [0.25, 0.3) is 0 Å². The summed E-state index contributed by atoms with van der Waals surface area (Å²) in [4.78, 5) is 56.6. The molecule has 0 aromatic heterocycles. The van der Waals surface area contributed by atoms with Crippen LogP contribution in [0.3, 0.4) is 0 Å². The van der Waals surface area contributed by atoms with Crippen molar-refractivity contribution in [1.82, 2.24) is 5.39 Å². The molecule has 3 N–H and O–H groups in total. The average Bonchev–Trinajstić information content (AvgIpc) is 3.27. The molecule has 0 bridgehead atoms. The van der Waals surface area contributed by atoms with Crippen molar-refractivity contribution in [1.29, 1.82) is 0 Å². The van der Waals surface area contributed by atoms with E-state index in [1.807, 2.05) is 13.0 Å².